The third-order valence-corrected chi connectivity index (χ3v) is 5.58. The molecule has 0 bridgehead atoms. The van der Waals surface area contributed by atoms with Crippen LogP contribution < -0.4 is 10.9 Å². The van der Waals surface area contributed by atoms with Gasteiger partial charge in [-0.15, -0.1) is 0 Å². The predicted molar refractivity (Wildman–Crippen MR) is 127 cm³/mol. The molecular weight excluding hydrogens is 452 g/mol. The number of carbonyl (C=O) groups is 1. The number of H-pyrrole nitrogens is 2. The molecule has 174 valence electrons. The molecule has 3 N–H and O–H groups in total. The number of amides is 1. The zero-order chi connectivity index (χ0) is 24.4. The number of hydrogen-bond acceptors (Lipinski definition) is 4. The quantitative estimate of drug-likeness (QED) is 0.347. The number of rotatable bonds is 6. The normalized spacial score (nSPS) is 11.0. The molecule has 0 unspecified atom stereocenters. The van der Waals surface area contributed by atoms with Gasteiger partial charge in [-0.2, -0.15) is 5.10 Å². The van der Waals surface area contributed by atoms with Crippen LogP contribution in [0, 0.1) is 11.6 Å². The van der Waals surface area contributed by atoms with E-state index in [4.69, 9.17) is 0 Å². The lowest BCUT2D eigenvalue weighted by Crippen LogP contribution is -2.29. The maximum absolute atomic E-state index is 13.4. The summed E-state index contributed by atoms with van der Waals surface area (Å²) < 4.78 is 26.5. The van der Waals surface area contributed by atoms with Gasteiger partial charge in [-0.3, -0.25) is 14.7 Å². The Morgan fingerprint density at radius 1 is 0.943 bits per heavy atom. The van der Waals surface area contributed by atoms with E-state index in [9.17, 15) is 18.4 Å². The van der Waals surface area contributed by atoms with Gasteiger partial charge in [-0.1, -0.05) is 24.3 Å². The van der Waals surface area contributed by atoms with Crippen LogP contribution in [0.4, 0.5) is 8.78 Å². The lowest BCUT2D eigenvalue weighted by atomic mass is 10.1. The minimum absolute atomic E-state index is 0.0421. The Balaban J connectivity index is 1.28. The van der Waals surface area contributed by atoms with Crippen molar-refractivity contribution in [1.82, 2.24) is 25.5 Å². The standard InChI is InChI=1S/C26H19F2N5O2/c27-21-9-6-15(13-22(21)28)12-18-7-8-20(26(35)31-18)25(34)30-14-16-3-1-4-17(11-16)23-19-5-2-10-29-24(19)33-32-23/h1-11,13H,12,14H2,(H,30,34)(H,31,35)(H,29,32,33). The molecule has 0 saturated heterocycles. The lowest BCUT2D eigenvalue weighted by Gasteiger charge is -2.08. The molecule has 0 radical (unpaired) electrons. The van der Waals surface area contributed by atoms with Crippen molar-refractivity contribution in [2.45, 2.75) is 13.0 Å². The smallest absolute Gasteiger partial charge is 0.261 e. The third kappa shape index (κ3) is 4.70. The van der Waals surface area contributed by atoms with Crippen LogP contribution in [-0.2, 0) is 13.0 Å². The molecule has 5 rings (SSSR count). The molecule has 7 nitrogen and oxygen atoms in total. The van der Waals surface area contributed by atoms with Crippen molar-refractivity contribution >= 4 is 16.9 Å². The number of nitrogens with zero attached hydrogens (tertiary/aromatic N) is 2. The fourth-order valence-electron chi connectivity index (χ4n) is 3.85. The van der Waals surface area contributed by atoms with Gasteiger partial charge in [0.2, 0.25) is 0 Å². The molecule has 1 amide bonds. The van der Waals surface area contributed by atoms with Crippen LogP contribution in [0.15, 0.2) is 77.7 Å². The molecular formula is C26H19F2N5O2. The van der Waals surface area contributed by atoms with E-state index in [0.717, 1.165) is 34.3 Å². The van der Waals surface area contributed by atoms with E-state index in [-0.39, 0.29) is 18.5 Å². The summed E-state index contributed by atoms with van der Waals surface area (Å²) in [5, 5.41) is 10.9. The van der Waals surface area contributed by atoms with E-state index in [1.807, 2.05) is 36.4 Å². The number of carbonyl (C=O) groups excluding carboxylic acids is 1. The van der Waals surface area contributed by atoms with E-state index in [1.165, 1.54) is 12.1 Å². The second-order valence-corrected chi connectivity index (χ2v) is 8.01. The first kappa shape index (κ1) is 22.1. The van der Waals surface area contributed by atoms with Gasteiger partial charge in [-0.05, 0) is 53.6 Å². The highest BCUT2D eigenvalue weighted by Gasteiger charge is 2.13. The van der Waals surface area contributed by atoms with E-state index in [2.05, 4.69) is 25.5 Å². The summed E-state index contributed by atoms with van der Waals surface area (Å²) in [4.78, 5) is 32.0. The molecule has 0 atom stereocenters. The van der Waals surface area contributed by atoms with E-state index in [1.54, 1.807) is 12.3 Å². The van der Waals surface area contributed by atoms with Crippen molar-refractivity contribution in [3.8, 4) is 11.3 Å². The first-order valence-corrected chi connectivity index (χ1v) is 10.8. The first-order valence-electron chi connectivity index (χ1n) is 10.8. The largest absolute Gasteiger partial charge is 0.348 e. The van der Waals surface area contributed by atoms with Crippen LogP contribution in [0.5, 0.6) is 0 Å². The van der Waals surface area contributed by atoms with Crippen LogP contribution in [0.3, 0.4) is 0 Å². The van der Waals surface area contributed by atoms with Crippen molar-refractivity contribution in [2.75, 3.05) is 0 Å². The topological polar surface area (TPSA) is 104 Å². The van der Waals surface area contributed by atoms with Crippen molar-refractivity contribution in [3.05, 3.63) is 117 Å². The number of fused-ring (bicyclic) bond motifs is 1. The summed E-state index contributed by atoms with van der Waals surface area (Å²) in [6, 6.07) is 17.9. The van der Waals surface area contributed by atoms with Crippen molar-refractivity contribution in [3.63, 3.8) is 0 Å². The second-order valence-electron chi connectivity index (χ2n) is 8.01. The van der Waals surface area contributed by atoms with Crippen LogP contribution in [0.25, 0.3) is 22.3 Å². The number of aromatic nitrogens is 4. The van der Waals surface area contributed by atoms with Crippen molar-refractivity contribution in [2.24, 2.45) is 0 Å². The molecule has 35 heavy (non-hydrogen) atoms. The summed E-state index contributed by atoms with van der Waals surface area (Å²) in [6.07, 6.45) is 1.88. The Morgan fingerprint density at radius 3 is 2.66 bits per heavy atom. The fourth-order valence-corrected chi connectivity index (χ4v) is 3.85. The van der Waals surface area contributed by atoms with E-state index in [0.29, 0.717) is 16.9 Å². The van der Waals surface area contributed by atoms with Crippen LogP contribution in [0.2, 0.25) is 0 Å². The Kier molecular flexibility index (Phi) is 5.88. The molecule has 0 saturated carbocycles. The summed E-state index contributed by atoms with van der Waals surface area (Å²) in [5.41, 5.74) is 3.52. The molecule has 0 spiro atoms. The first-order chi connectivity index (χ1) is 17.0. The van der Waals surface area contributed by atoms with E-state index < -0.39 is 23.1 Å². The molecule has 3 heterocycles. The van der Waals surface area contributed by atoms with Gasteiger partial charge in [0.05, 0.1) is 0 Å². The Hall–Kier alpha value is -4.66. The number of halogens is 2. The highest BCUT2D eigenvalue weighted by Crippen LogP contribution is 2.25. The van der Waals surface area contributed by atoms with Gasteiger partial charge < -0.3 is 10.3 Å². The minimum atomic E-state index is -0.956. The van der Waals surface area contributed by atoms with E-state index >= 15 is 0 Å². The molecule has 0 aliphatic rings. The summed E-state index contributed by atoms with van der Waals surface area (Å²) >= 11 is 0. The molecule has 5 aromatic rings. The maximum atomic E-state index is 13.4. The summed E-state index contributed by atoms with van der Waals surface area (Å²) in [5.74, 6) is -2.41. The highest BCUT2D eigenvalue weighted by atomic mass is 19.2. The maximum Gasteiger partial charge on any atom is 0.261 e. The highest BCUT2D eigenvalue weighted by molar-refractivity contribution is 5.94. The van der Waals surface area contributed by atoms with Crippen LogP contribution >= 0.6 is 0 Å². The SMILES string of the molecule is O=C(NCc1cccc(-c2n[nH]c3ncccc23)c1)c1ccc(Cc2ccc(F)c(F)c2)[nH]c1=O. The number of pyridine rings is 2. The lowest BCUT2D eigenvalue weighted by molar-refractivity contribution is 0.0949. The van der Waals surface area contributed by atoms with Gasteiger partial charge in [0.1, 0.15) is 11.3 Å². The third-order valence-electron chi connectivity index (χ3n) is 5.58. The molecule has 0 aliphatic heterocycles. The number of hydrogen-bond donors (Lipinski definition) is 3. The average molecular weight is 471 g/mol. The number of nitrogens with one attached hydrogen (secondary N) is 3. The van der Waals surface area contributed by atoms with Crippen LogP contribution in [-0.4, -0.2) is 26.1 Å². The summed E-state index contributed by atoms with van der Waals surface area (Å²) in [7, 11) is 0. The van der Waals surface area contributed by atoms with Gasteiger partial charge >= 0.3 is 0 Å². The zero-order valence-electron chi connectivity index (χ0n) is 18.3. The van der Waals surface area contributed by atoms with Gasteiger partial charge in [0.25, 0.3) is 11.5 Å². The molecule has 9 heteroatoms. The Bertz CT molecular complexity index is 1610. The van der Waals surface area contributed by atoms with Gasteiger partial charge in [-0.25, -0.2) is 13.8 Å². The molecule has 0 fully saturated rings. The molecule has 0 aliphatic carbocycles. The second kappa shape index (κ2) is 9.30. The van der Waals surface area contributed by atoms with Crippen molar-refractivity contribution in [1.29, 1.82) is 0 Å². The van der Waals surface area contributed by atoms with Crippen LogP contribution in [0.1, 0.15) is 27.2 Å². The Labute approximate surface area is 197 Å². The minimum Gasteiger partial charge on any atom is -0.348 e. The number of aromatic amines is 2. The molecule has 3 aromatic heterocycles. The molecule has 2 aromatic carbocycles. The Morgan fingerprint density at radius 2 is 1.83 bits per heavy atom. The van der Waals surface area contributed by atoms with Gasteiger partial charge in [0, 0.05) is 35.8 Å². The van der Waals surface area contributed by atoms with Crippen molar-refractivity contribution < 1.29 is 13.6 Å². The van der Waals surface area contributed by atoms with Gasteiger partial charge in [0.15, 0.2) is 17.3 Å². The monoisotopic (exact) mass is 471 g/mol. The predicted octanol–water partition coefficient (Wildman–Crippen LogP) is 4.11. The fraction of sp³-hybridized carbons (Fsp3) is 0.0769. The zero-order valence-corrected chi connectivity index (χ0v) is 18.3. The average Bonchev–Trinajstić information content (AvgIpc) is 3.29. The summed E-state index contributed by atoms with van der Waals surface area (Å²) in [6.45, 7) is 0.212. The number of benzene rings is 2.